The van der Waals surface area contributed by atoms with Crippen LogP contribution < -0.4 is 19.8 Å². The lowest BCUT2D eigenvalue weighted by molar-refractivity contribution is -0.137. The van der Waals surface area contributed by atoms with Gasteiger partial charge in [-0.15, -0.1) is 0 Å². The molecule has 15 heteroatoms. The second-order valence-corrected chi connectivity index (χ2v) is 11.8. The van der Waals surface area contributed by atoms with Crippen molar-refractivity contribution in [2.75, 3.05) is 22.8 Å². The van der Waals surface area contributed by atoms with Crippen molar-refractivity contribution in [3.8, 4) is 5.75 Å². The van der Waals surface area contributed by atoms with Crippen molar-refractivity contribution in [3.63, 3.8) is 0 Å². The maximum absolute atomic E-state index is 13.4. The highest BCUT2D eigenvalue weighted by Crippen LogP contribution is 2.37. The summed E-state index contributed by atoms with van der Waals surface area (Å²) in [5, 5.41) is 6.50. The van der Waals surface area contributed by atoms with Crippen LogP contribution in [0.1, 0.15) is 11.1 Å². The molecule has 0 unspecified atom stereocenters. The number of hydrogen-bond acceptors (Lipinski definition) is 6. The second kappa shape index (κ2) is 14.5. The summed E-state index contributed by atoms with van der Waals surface area (Å²) in [4.78, 5) is 24.7. The maximum Gasteiger partial charge on any atom is 0.416 e. The molecule has 0 radical (unpaired) electrons. The first-order valence-corrected chi connectivity index (χ1v) is 15.1. The van der Waals surface area contributed by atoms with E-state index in [4.69, 9.17) is 27.9 Å². The van der Waals surface area contributed by atoms with Crippen LogP contribution in [0.5, 0.6) is 5.75 Å². The molecule has 0 aromatic heterocycles. The molecule has 0 saturated heterocycles. The van der Waals surface area contributed by atoms with Crippen molar-refractivity contribution in [2.24, 2.45) is 5.10 Å². The summed E-state index contributed by atoms with van der Waals surface area (Å²) >= 11 is 12.1. The molecule has 0 heterocycles. The topological polar surface area (TPSA) is 117 Å². The summed E-state index contributed by atoms with van der Waals surface area (Å²) < 4.78 is 73.1. The van der Waals surface area contributed by atoms with E-state index in [2.05, 4.69) is 15.8 Å². The van der Waals surface area contributed by atoms with Crippen LogP contribution >= 0.6 is 23.2 Å². The summed E-state index contributed by atoms with van der Waals surface area (Å²) in [5.74, 6) is -1.01. The number of carbonyl (C=O) groups excluding carboxylic acids is 2. The minimum atomic E-state index is -4.79. The number of amides is 2. The molecule has 0 aliphatic heterocycles. The molecular formula is C30H23Cl2F3N4O5S. The zero-order valence-corrected chi connectivity index (χ0v) is 25.3. The third kappa shape index (κ3) is 8.97. The molecule has 234 valence electrons. The van der Waals surface area contributed by atoms with Gasteiger partial charge in [0.05, 0.1) is 38.1 Å². The van der Waals surface area contributed by atoms with Crippen LogP contribution in [0.25, 0.3) is 0 Å². The molecule has 0 bridgehead atoms. The van der Waals surface area contributed by atoms with E-state index in [0.29, 0.717) is 38.5 Å². The standard InChI is InChI=1S/C30H23Cl2F3N4O5S/c31-24-8-4-5-9-26(24)37-29(41)19-44-22-13-10-20(11-14-22)17-36-38-28(40)18-39(45(42,43)23-6-2-1-3-7-23)27-16-21(30(33,34)35)12-15-25(27)32/h1-17H,18-19H2,(H,37,41)(H,38,40)/b36-17-. The van der Waals surface area contributed by atoms with E-state index in [1.165, 1.54) is 30.5 Å². The molecule has 0 saturated carbocycles. The van der Waals surface area contributed by atoms with Gasteiger partial charge in [-0.05, 0) is 72.3 Å². The number of anilines is 2. The molecule has 0 aliphatic rings. The Morgan fingerprint density at radius 1 is 0.867 bits per heavy atom. The summed E-state index contributed by atoms with van der Waals surface area (Å²) in [5.41, 5.74) is 1.42. The fourth-order valence-electron chi connectivity index (χ4n) is 3.79. The number of rotatable bonds is 11. The normalized spacial score (nSPS) is 11.7. The van der Waals surface area contributed by atoms with Gasteiger partial charge >= 0.3 is 6.18 Å². The number of benzene rings is 4. The molecule has 0 spiro atoms. The average Bonchev–Trinajstić information content (AvgIpc) is 3.01. The predicted octanol–water partition coefficient (Wildman–Crippen LogP) is 6.38. The Morgan fingerprint density at radius 3 is 2.20 bits per heavy atom. The van der Waals surface area contributed by atoms with Crippen molar-refractivity contribution in [1.82, 2.24) is 5.43 Å². The summed E-state index contributed by atoms with van der Waals surface area (Å²) in [6.45, 7) is -1.22. The lowest BCUT2D eigenvalue weighted by Crippen LogP contribution is -2.40. The Hall–Kier alpha value is -4.59. The van der Waals surface area contributed by atoms with Crippen LogP contribution in [0.3, 0.4) is 0 Å². The van der Waals surface area contributed by atoms with Crippen LogP contribution in [0.4, 0.5) is 24.5 Å². The molecule has 4 aromatic rings. The highest BCUT2D eigenvalue weighted by molar-refractivity contribution is 7.92. The molecule has 9 nitrogen and oxygen atoms in total. The lowest BCUT2D eigenvalue weighted by Gasteiger charge is -2.25. The fourth-order valence-corrected chi connectivity index (χ4v) is 5.70. The quantitative estimate of drug-likeness (QED) is 0.141. The Labute approximate surface area is 266 Å². The zero-order valence-electron chi connectivity index (χ0n) is 23.0. The molecule has 4 rings (SSSR count). The van der Waals surface area contributed by atoms with Gasteiger partial charge in [0.1, 0.15) is 12.3 Å². The number of nitrogens with one attached hydrogen (secondary N) is 2. The molecule has 0 atom stereocenters. The number of alkyl halides is 3. The third-order valence-electron chi connectivity index (χ3n) is 5.96. The van der Waals surface area contributed by atoms with E-state index in [1.54, 1.807) is 54.6 Å². The number of carbonyl (C=O) groups is 2. The summed E-state index contributed by atoms with van der Waals surface area (Å²) in [6.07, 6.45) is -3.55. The van der Waals surface area contributed by atoms with E-state index in [-0.39, 0.29) is 16.5 Å². The monoisotopic (exact) mass is 678 g/mol. The summed E-state index contributed by atoms with van der Waals surface area (Å²) in [7, 11) is -4.53. The highest BCUT2D eigenvalue weighted by Gasteiger charge is 2.34. The van der Waals surface area contributed by atoms with E-state index < -0.39 is 45.8 Å². The van der Waals surface area contributed by atoms with Gasteiger partial charge in [0.2, 0.25) is 0 Å². The first kappa shape index (κ1) is 33.3. The van der Waals surface area contributed by atoms with Crippen molar-refractivity contribution in [2.45, 2.75) is 11.1 Å². The van der Waals surface area contributed by atoms with E-state index in [1.807, 2.05) is 0 Å². The number of sulfonamides is 1. The molecule has 4 aromatic carbocycles. The number of hydrogen-bond donors (Lipinski definition) is 2. The van der Waals surface area contributed by atoms with Crippen LogP contribution in [-0.2, 0) is 25.8 Å². The molecule has 2 amide bonds. The van der Waals surface area contributed by atoms with Gasteiger partial charge in [-0.1, -0.05) is 53.5 Å². The second-order valence-electron chi connectivity index (χ2n) is 9.17. The predicted molar refractivity (Wildman–Crippen MR) is 165 cm³/mol. The highest BCUT2D eigenvalue weighted by atomic mass is 35.5. The molecular weight excluding hydrogens is 656 g/mol. The lowest BCUT2D eigenvalue weighted by atomic mass is 10.2. The Morgan fingerprint density at radius 2 is 1.53 bits per heavy atom. The van der Waals surface area contributed by atoms with Gasteiger partial charge in [0, 0.05) is 0 Å². The first-order valence-electron chi connectivity index (χ1n) is 12.9. The Bertz CT molecular complexity index is 1810. The van der Waals surface area contributed by atoms with Gasteiger partial charge in [-0.3, -0.25) is 13.9 Å². The van der Waals surface area contributed by atoms with Crippen LogP contribution in [0.15, 0.2) is 107 Å². The van der Waals surface area contributed by atoms with E-state index in [0.717, 1.165) is 6.07 Å². The maximum atomic E-state index is 13.4. The van der Waals surface area contributed by atoms with Crippen LogP contribution in [-0.4, -0.2) is 39.6 Å². The van der Waals surface area contributed by atoms with Gasteiger partial charge in [0.15, 0.2) is 6.61 Å². The molecule has 45 heavy (non-hydrogen) atoms. The SMILES string of the molecule is O=C(CN(c1cc(C(F)(F)F)ccc1Cl)S(=O)(=O)c1ccccc1)N/N=C\c1ccc(OCC(=O)Nc2ccccc2Cl)cc1. The molecule has 0 aliphatic carbocycles. The third-order valence-corrected chi connectivity index (χ3v) is 8.38. The fraction of sp³-hybridized carbons (Fsp3) is 0.100. The number of ether oxygens (including phenoxy) is 1. The smallest absolute Gasteiger partial charge is 0.416 e. The minimum absolute atomic E-state index is 0.265. The van der Waals surface area contributed by atoms with E-state index in [9.17, 15) is 31.2 Å². The van der Waals surface area contributed by atoms with Crippen molar-refractivity contribution >= 4 is 62.6 Å². The van der Waals surface area contributed by atoms with Crippen molar-refractivity contribution in [3.05, 3.63) is 118 Å². The Kier molecular flexibility index (Phi) is 10.7. The zero-order chi connectivity index (χ0) is 32.6. The Balaban J connectivity index is 1.42. The molecule has 2 N–H and O–H groups in total. The first-order chi connectivity index (χ1) is 21.3. The average molecular weight is 680 g/mol. The van der Waals surface area contributed by atoms with Gasteiger partial charge in [-0.2, -0.15) is 18.3 Å². The minimum Gasteiger partial charge on any atom is -0.484 e. The van der Waals surface area contributed by atoms with Crippen LogP contribution in [0.2, 0.25) is 10.0 Å². The number of para-hydroxylation sites is 1. The largest absolute Gasteiger partial charge is 0.484 e. The number of nitrogens with zero attached hydrogens (tertiary/aromatic N) is 2. The summed E-state index contributed by atoms with van der Waals surface area (Å²) in [6, 6.07) is 22.0. The van der Waals surface area contributed by atoms with Crippen molar-refractivity contribution in [1.29, 1.82) is 0 Å². The van der Waals surface area contributed by atoms with Crippen LogP contribution in [0, 0.1) is 0 Å². The molecule has 0 fully saturated rings. The van der Waals surface area contributed by atoms with Gasteiger partial charge < -0.3 is 10.1 Å². The van der Waals surface area contributed by atoms with Crippen molar-refractivity contribution < 1.29 is 35.9 Å². The van der Waals surface area contributed by atoms with Gasteiger partial charge in [-0.25, -0.2) is 13.8 Å². The number of hydrazone groups is 1. The van der Waals surface area contributed by atoms with Gasteiger partial charge in [0.25, 0.3) is 21.8 Å². The number of halogens is 5. The van der Waals surface area contributed by atoms with E-state index >= 15 is 0 Å².